The molecule has 0 aliphatic carbocycles. The molecule has 0 spiro atoms. The van der Waals surface area contributed by atoms with E-state index in [-0.39, 0.29) is 0 Å². The number of pyridine rings is 1. The van der Waals surface area contributed by atoms with Crippen molar-refractivity contribution in [3.8, 4) is 21.0 Å². The first-order valence-corrected chi connectivity index (χ1v) is 20.9. The summed E-state index contributed by atoms with van der Waals surface area (Å²) in [6.45, 7) is 4.60. The molecule has 0 aliphatic heterocycles. The molecule has 3 heterocycles. The Kier molecular flexibility index (Phi) is 19.5. The Bertz CT molecular complexity index is 1010. The Hall–Kier alpha value is 0.01000. The first-order valence-electron chi connectivity index (χ1n) is 17.2. The average molecular weight is 832 g/mol. The average Bonchev–Trinajstić information content (AvgIpc) is 3.56. The van der Waals surface area contributed by atoms with Crippen molar-refractivity contribution in [1.82, 2.24) is 4.98 Å². The number of nitrogens with zero attached hydrogens (tertiary/aromatic N) is 1. The molecule has 0 aromatic carbocycles. The van der Waals surface area contributed by atoms with Gasteiger partial charge in [-0.3, -0.25) is 4.98 Å². The third-order valence-corrected chi connectivity index (χ3v) is 12.4. The predicted octanol–water partition coefficient (Wildman–Crippen LogP) is 14.7. The molecule has 0 aliphatic rings. The highest BCUT2D eigenvalue weighted by molar-refractivity contribution is 14.1. The van der Waals surface area contributed by atoms with Gasteiger partial charge < -0.3 is 0 Å². The third-order valence-electron chi connectivity index (χ3n) is 8.42. The molecule has 3 aromatic heterocycles. The lowest BCUT2D eigenvalue weighted by Crippen LogP contribution is -1.90. The summed E-state index contributed by atoms with van der Waals surface area (Å²) in [6, 6.07) is 9.41. The summed E-state index contributed by atoms with van der Waals surface area (Å²) < 4.78 is 2.77. The topological polar surface area (TPSA) is 12.9 Å². The molecule has 0 fully saturated rings. The first kappa shape index (κ1) is 36.5. The second-order valence-electron chi connectivity index (χ2n) is 12.1. The molecule has 0 atom stereocenters. The van der Waals surface area contributed by atoms with Crippen LogP contribution in [-0.4, -0.2) is 4.98 Å². The molecule has 0 unspecified atom stereocenters. The normalized spacial score (nSPS) is 11.5. The molecule has 0 bridgehead atoms. The van der Waals surface area contributed by atoms with Gasteiger partial charge in [-0.05, 0) is 106 Å². The Morgan fingerprint density at radius 2 is 0.929 bits per heavy atom. The van der Waals surface area contributed by atoms with Crippen molar-refractivity contribution in [2.75, 3.05) is 0 Å². The minimum atomic E-state index is 1.15. The zero-order valence-corrected chi connectivity index (χ0v) is 32.4. The molecule has 42 heavy (non-hydrogen) atoms. The van der Waals surface area contributed by atoms with Gasteiger partial charge in [-0.15, -0.1) is 22.7 Å². The van der Waals surface area contributed by atoms with E-state index >= 15 is 0 Å². The van der Waals surface area contributed by atoms with E-state index < -0.39 is 0 Å². The molecule has 0 N–H and O–H groups in total. The van der Waals surface area contributed by atoms with Crippen molar-refractivity contribution < 1.29 is 0 Å². The fourth-order valence-corrected chi connectivity index (χ4v) is 9.80. The van der Waals surface area contributed by atoms with Crippen LogP contribution in [0.4, 0.5) is 0 Å². The minimum absolute atomic E-state index is 1.15. The zero-order valence-electron chi connectivity index (χ0n) is 26.5. The maximum atomic E-state index is 5.02. The Labute approximate surface area is 293 Å². The number of aromatic nitrogens is 1. The van der Waals surface area contributed by atoms with Gasteiger partial charge in [0.25, 0.3) is 0 Å². The Morgan fingerprint density at radius 3 is 1.36 bits per heavy atom. The molecule has 5 heteroatoms. The van der Waals surface area contributed by atoms with E-state index in [2.05, 4.69) is 89.5 Å². The monoisotopic (exact) mass is 831 g/mol. The van der Waals surface area contributed by atoms with Gasteiger partial charge in [0.1, 0.15) is 0 Å². The Balaban J connectivity index is 1.44. The molecule has 3 aromatic rings. The number of thiophene rings is 2. The number of rotatable bonds is 24. The third kappa shape index (κ3) is 14.0. The van der Waals surface area contributed by atoms with Gasteiger partial charge in [0.2, 0.25) is 0 Å². The largest absolute Gasteiger partial charge is 0.255 e. The second kappa shape index (κ2) is 22.5. The lowest BCUT2D eigenvalue weighted by Gasteiger charge is -2.07. The van der Waals surface area contributed by atoms with Crippen LogP contribution in [-0.2, 0) is 12.8 Å². The van der Waals surface area contributed by atoms with Gasteiger partial charge in [-0.1, -0.05) is 129 Å². The molecule has 0 amide bonds. The van der Waals surface area contributed by atoms with Crippen LogP contribution in [0.5, 0.6) is 0 Å². The van der Waals surface area contributed by atoms with Gasteiger partial charge >= 0.3 is 0 Å². The van der Waals surface area contributed by atoms with E-state index in [1.54, 1.807) is 0 Å². The van der Waals surface area contributed by atoms with Crippen LogP contribution in [0, 0.1) is 5.77 Å². The summed E-state index contributed by atoms with van der Waals surface area (Å²) in [4.78, 5) is 7.83. The highest BCUT2D eigenvalue weighted by Gasteiger charge is 2.14. The number of halogens is 2. The standard InChI is InChI=1S/C37H55I2NS2/c1-3-5-7-9-11-13-15-17-19-21-23-30-27-34(38)41-36(30)32-25-26-33(40-29-32)37-31(28-35(39)42-37)24-22-20-18-16-14-12-10-8-6-4-2/h25-29H,3-24H2,1-2H3. The van der Waals surface area contributed by atoms with Crippen molar-refractivity contribution in [3.05, 3.63) is 47.4 Å². The summed E-state index contributed by atoms with van der Waals surface area (Å²) in [5.74, 6) is 0. The van der Waals surface area contributed by atoms with Crippen LogP contribution < -0.4 is 0 Å². The molecular formula is C37H55I2NS2. The maximum absolute atomic E-state index is 5.02. The van der Waals surface area contributed by atoms with E-state index in [4.69, 9.17) is 4.98 Å². The van der Waals surface area contributed by atoms with E-state index in [1.165, 1.54) is 173 Å². The van der Waals surface area contributed by atoms with Crippen LogP contribution in [0.1, 0.15) is 153 Å². The molecule has 0 radical (unpaired) electrons. The lowest BCUT2D eigenvalue weighted by molar-refractivity contribution is 0.556. The van der Waals surface area contributed by atoms with E-state index in [0.717, 1.165) is 5.69 Å². The highest BCUT2D eigenvalue weighted by atomic mass is 127. The minimum Gasteiger partial charge on any atom is -0.255 e. The van der Waals surface area contributed by atoms with Crippen LogP contribution >= 0.6 is 67.9 Å². The van der Waals surface area contributed by atoms with Crippen molar-refractivity contribution in [2.45, 2.75) is 155 Å². The number of hydrogen-bond acceptors (Lipinski definition) is 3. The fourth-order valence-electron chi connectivity index (χ4n) is 5.89. The summed E-state index contributed by atoms with van der Waals surface area (Å²) in [5.41, 5.74) is 5.45. The van der Waals surface area contributed by atoms with Crippen LogP contribution in [0.25, 0.3) is 21.0 Å². The molecular weight excluding hydrogens is 776 g/mol. The van der Waals surface area contributed by atoms with E-state index in [9.17, 15) is 0 Å². The van der Waals surface area contributed by atoms with Gasteiger partial charge in [0, 0.05) is 16.6 Å². The van der Waals surface area contributed by atoms with Gasteiger partial charge in [0.05, 0.1) is 16.3 Å². The first-order chi connectivity index (χ1) is 20.6. The molecule has 0 saturated carbocycles. The van der Waals surface area contributed by atoms with Gasteiger partial charge in [0.15, 0.2) is 0 Å². The smallest absolute Gasteiger partial charge is 0.0805 e. The molecule has 1 nitrogen and oxygen atoms in total. The van der Waals surface area contributed by atoms with Crippen molar-refractivity contribution in [3.63, 3.8) is 0 Å². The number of aryl methyl sites for hydroxylation is 2. The van der Waals surface area contributed by atoms with Crippen molar-refractivity contribution in [1.29, 1.82) is 0 Å². The fraction of sp³-hybridized carbons (Fsp3) is 0.649. The molecule has 3 rings (SSSR count). The zero-order chi connectivity index (χ0) is 29.8. The van der Waals surface area contributed by atoms with Crippen molar-refractivity contribution >= 4 is 67.9 Å². The van der Waals surface area contributed by atoms with E-state index in [1.807, 2.05) is 22.7 Å². The SMILES string of the molecule is CCCCCCCCCCCCc1cc(I)sc1-c1ccc(-c2sc(I)cc2CCCCCCCCCCCC)nc1. The maximum Gasteiger partial charge on any atom is 0.0805 e. The second-order valence-corrected chi connectivity index (χ2v) is 18.0. The quantitative estimate of drug-likeness (QED) is 0.0647. The predicted molar refractivity (Wildman–Crippen MR) is 207 cm³/mol. The number of unbranched alkanes of at least 4 members (excludes halogenated alkanes) is 18. The summed E-state index contributed by atoms with van der Waals surface area (Å²) in [5, 5.41) is 0. The molecule has 0 saturated heterocycles. The van der Waals surface area contributed by atoms with Gasteiger partial charge in [-0.2, -0.15) is 0 Å². The molecule has 234 valence electrons. The van der Waals surface area contributed by atoms with E-state index in [0.29, 0.717) is 0 Å². The van der Waals surface area contributed by atoms with Crippen molar-refractivity contribution in [2.24, 2.45) is 0 Å². The summed E-state index contributed by atoms with van der Waals surface area (Å²) >= 11 is 8.82. The van der Waals surface area contributed by atoms with Crippen LogP contribution in [0.2, 0.25) is 0 Å². The Morgan fingerprint density at radius 1 is 0.524 bits per heavy atom. The summed E-state index contributed by atoms with van der Waals surface area (Å²) in [7, 11) is 0. The van der Waals surface area contributed by atoms with Gasteiger partial charge in [-0.25, -0.2) is 0 Å². The number of hydrogen-bond donors (Lipinski definition) is 0. The van der Waals surface area contributed by atoms with Crippen LogP contribution in [0.3, 0.4) is 0 Å². The summed E-state index contributed by atoms with van der Waals surface area (Å²) in [6.07, 6.45) is 32.4. The highest BCUT2D eigenvalue weighted by Crippen LogP contribution is 2.37. The van der Waals surface area contributed by atoms with Crippen LogP contribution in [0.15, 0.2) is 30.5 Å². The lowest BCUT2D eigenvalue weighted by atomic mass is 10.0.